The van der Waals surface area contributed by atoms with Crippen molar-refractivity contribution < 1.29 is 14.6 Å². The molecule has 0 unspecified atom stereocenters. The van der Waals surface area contributed by atoms with Gasteiger partial charge < -0.3 is 9.84 Å². The number of esters is 1. The summed E-state index contributed by atoms with van der Waals surface area (Å²) in [5.41, 5.74) is 1.33. The fourth-order valence-electron chi connectivity index (χ4n) is 1.77. The van der Waals surface area contributed by atoms with Gasteiger partial charge in [0.25, 0.3) is 0 Å². The zero-order valence-corrected chi connectivity index (χ0v) is 12.4. The molecule has 0 spiro atoms. The lowest BCUT2D eigenvalue weighted by Crippen LogP contribution is -2.09. The van der Waals surface area contributed by atoms with Crippen molar-refractivity contribution in [2.24, 2.45) is 0 Å². The maximum Gasteiger partial charge on any atom is 0.338 e. The van der Waals surface area contributed by atoms with Crippen LogP contribution in [0.15, 0.2) is 59.1 Å². The summed E-state index contributed by atoms with van der Waals surface area (Å²) in [6, 6.07) is 16.3. The second kappa shape index (κ2) is 7.22. The van der Waals surface area contributed by atoms with Gasteiger partial charge in [-0.3, -0.25) is 0 Å². The second-order valence-electron chi connectivity index (χ2n) is 4.36. The number of ether oxygens (including phenoxy) is 1. The zero-order chi connectivity index (χ0) is 14.4. The summed E-state index contributed by atoms with van der Waals surface area (Å²) in [4.78, 5) is 11.8. The molecule has 0 aliphatic rings. The zero-order valence-electron chi connectivity index (χ0n) is 10.8. The van der Waals surface area contributed by atoms with Crippen LogP contribution < -0.4 is 0 Å². The number of hydrogen-bond donors (Lipinski definition) is 1. The Hall–Kier alpha value is -1.65. The van der Waals surface area contributed by atoms with Crippen molar-refractivity contribution in [2.45, 2.75) is 12.5 Å². The van der Waals surface area contributed by atoms with E-state index in [1.807, 2.05) is 30.3 Å². The van der Waals surface area contributed by atoms with Crippen LogP contribution >= 0.6 is 15.9 Å². The predicted octanol–water partition coefficient (Wildman–Crippen LogP) is 3.73. The third kappa shape index (κ3) is 4.18. The van der Waals surface area contributed by atoms with Crippen LogP contribution in [0.1, 0.15) is 28.4 Å². The number of carbonyl (C=O) groups excluding carboxylic acids is 1. The van der Waals surface area contributed by atoms with Crippen LogP contribution in [0.3, 0.4) is 0 Å². The van der Waals surface area contributed by atoms with Gasteiger partial charge in [0.2, 0.25) is 0 Å². The smallest absolute Gasteiger partial charge is 0.338 e. The molecule has 1 N–H and O–H groups in total. The molecule has 0 aliphatic heterocycles. The van der Waals surface area contributed by atoms with Gasteiger partial charge in [0.15, 0.2) is 0 Å². The molecule has 0 amide bonds. The number of hydrogen-bond acceptors (Lipinski definition) is 3. The number of halogens is 1. The van der Waals surface area contributed by atoms with Crippen molar-refractivity contribution in [1.29, 1.82) is 0 Å². The van der Waals surface area contributed by atoms with Gasteiger partial charge >= 0.3 is 5.97 Å². The Morgan fingerprint density at radius 2 is 1.75 bits per heavy atom. The molecule has 2 aromatic rings. The standard InChI is InChI=1S/C16H15BrO3/c17-14-8-6-13(7-9-14)16(19)20-11-10-15(18)12-4-2-1-3-5-12/h1-9,15,18H,10-11H2/t15-/m0/s1. The summed E-state index contributed by atoms with van der Waals surface area (Å²) in [7, 11) is 0. The van der Waals surface area contributed by atoms with Crippen molar-refractivity contribution in [3.63, 3.8) is 0 Å². The highest BCUT2D eigenvalue weighted by atomic mass is 79.9. The maximum absolute atomic E-state index is 11.8. The molecule has 0 radical (unpaired) electrons. The summed E-state index contributed by atoms with van der Waals surface area (Å²) in [6.45, 7) is 0.185. The minimum absolute atomic E-state index is 0.185. The van der Waals surface area contributed by atoms with E-state index in [0.29, 0.717) is 12.0 Å². The van der Waals surface area contributed by atoms with Crippen LogP contribution in [0.25, 0.3) is 0 Å². The third-order valence-electron chi connectivity index (χ3n) is 2.89. The second-order valence-corrected chi connectivity index (χ2v) is 5.27. The van der Waals surface area contributed by atoms with Crippen LogP contribution in [0.2, 0.25) is 0 Å². The van der Waals surface area contributed by atoms with E-state index < -0.39 is 6.10 Å². The van der Waals surface area contributed by atoms with Gasteiger partial charge in [0.1, 0.15) is 0 Å². The van der Waals surface area contributed by atoms with Gasteiger partial charge in [-0.15, -0.1) is 0 Å². The molecule has 3 nitrogen and oxygen atoms in total. The monoisotopic (exact) mass is 334 g/mol. The molecule has 0 fully saturated rings. The average molecular weight is 335 g/mol. The highest BCUT2D eigenvalue weighted by Crippen LogP contribution is 2.16. The average Bonchev–Trinajstić information content (AvgIpc) is 2.48. The van der Waals surface area contributed by atoms with Gasteiger partial charge in [-0.05, 0) is 29.8 Å². The molecule has 0 saturated heterocycles. The molecule has 2 aromatic carbocycles. The topological polar surface area (TPSA) is 46.5 Å². The number of benzene rings is 2. The van der Waals surface area contributed by atoms with Gasteiger partial charge in [-0.25, -0.2) is 4.79 Å². The van der Waals surface area contributed by atoms with E-state index >= 15 is 0 Å². The molecular weight excluding hydrogens is 320 g/mol. The van der Waals surface area contributed by atoms with Crippen LogP contribution in [-0.4, -0.2) is 17.7 Å². The number of aliphatic hydroxyl groups is 1. The number of carbonyl (C=O) groups is 1. The molecule has 20 heavy (non-hydrogen) atoms. The van der Waals surface area contributed by atoms with Gasteiger partial charge in [-0.1, -0.05) is 46.3 Å². The molecule has 1 atom stereocenters. The number of aliphatic hydroxyl groups excluding tert-OH is 1. The van der Waals surface area contributed by atoms with Gasteiger partial charge in [0, 0.05) is 10.9 Å². The molecule has 2 rings (SSSR count). The van der Waals surface area contributed by atoms with Gasteiger partial charge in [-0.2, -0.15) is 0 Å². The summed E-state index contributed by atoms with van der Waals surface area (Å²) in [5.74, 6) is -0.377. The summed E-state index contributed by atoms with van der Waals surface area (Å²) < 4.78 is 6.06. The summed E-state index contributed by atoms with van der Waals surface area (Å²) in [5, 5.41) is 9.94. The molecular formula is C16H15BrO3. The van der Waals surface area contributed by atoms with Crippen molar-refractivity contribution in [3.8, 4) is 0 Å². The van der Waals surface area contributed by atoms with Crippen LogP contribution in [0.4, 0.5) is 0 Å². The Labute approximate surface area is 126 Å². The molecule has 4 heteroatoms. The van der Waals surface area contributed by atoms with Crippen molar-refractivity contribution in [1.82, 2.24) is 0 Å². The molecule has 0 saturated carbocycles. The SMILES string of the molecule is O=C(OCC[C@H](O)c1ccccc1)c1ccc(Br)cc1. The van der Waals surface area contributed by atoms with Crippen LogP contribution in [-0.2, 0) is 4.74 Å². The quantitative estimate of drug-likeness (QED) is 0.847. The van der Waals surface area contributed by atoms with E-state index in [-0.39, 0.29) is 12.6 Å². The van der Waals surface area contributed by atoms with Crippen LogP contribution in [0, 0.1) is 0 Å². The van der Waals surface area contributed by atoms with Gasteiger partial charge in [0.05, 0.1) is 18.3 Å². The first kappa shape index (κ1) is 14.8. The minimum atomic E-state index is -0.617. The molecule has 0 bridgehead atoms. The first-order valence-corrected chi connectivity index (χ1v) is 7.12. The Morgan fingerprint density at radius 3 is 2.40 bits per heavy atom. The molecule has 0 heterocycles. The summed E-state index contributed by atoms with van der Waals surface area (Å²) >= 11 is 3.31. The Bertz CT molecular complexity index is 552. The molecule has 104 valence electrons. The van der Waals surface area contributed by atoms with E-state index in [1.54, 1.807) is 24.3 Å². The van der Waals surface area contributed by atoms with E-state index in [1.165, 1.54) is 0 Å². The lowest BCUT2D eigenvalue weighted by molar-refractivity contribution is 0.0430. The molecule has 0 aromatic heterocycles. The van der Waals surface area contributed by atoms with Crippen molar-refractivity contribution in [2.75, 3.05) is 6.61 Å². The first-order chi connectivity index (χ1) is 9.66. The van der Waals surface area contributed by atoms with E-state index in [2.05, 4.69) is 15.9 Å². The predicted molar refractivity (Wildman–Crippen MR) is 80.4 cm³/mol. The van der Waals surface area contributed by atoms with E-state index in [9.17, 15) is 9.90 Å². The highest BCUT2D eigenvalue weighted by Gasteiger charge is 2.10. The fourth-order valence-corrected chi connectivity index (χ4v) is 2.04. The van der Waals surface area contributed by atoms with Crippen molar-refractivity contribution in [3.05, 3.63) is 70.2 Å². The first-order valence-electron chi connectivity index (χ1n) is 6.32. The Balaban J connectivity index is 1.81. The largest absolute Gasteiger partial charge is 0.462 e. The number of rotatable bonds is 5. The van der Waals surface area contributed by atoms with E-state index in [0.717, 1.165) is 10.0 Å². The van der Waals surface area contributed by atoms with Crippen molar-refractivity contribution >= 4 is 21.9 Å². The maximum atomic E-state index is 11.8. The Kier molecular flexibility index (Phi) is 5.32. The normalized spacial score (nSPS) is 11.9. The highest BCUT2D eigenvalue weighted by molar-refractivity contribution is 9.10. The molecule has 0 aliphatic carbocycles. The van der Waals surface area contributed by atoms with E-state index in [4.69, 9.17) is 4.74 Å². The van der Waals surface area contributed by atoms with Crippen LogP contribution in [0.5, 0.6) is 0 Å². The lowest BCUT2D eigenvalue weighted by atomic mass is 10.1. The minimum Gasteiger partial charge on any atom is -0.462 e. The fraction of sp³-hybridized carbons (Fsp3) is 0.188. The lowest BCUT2D eigenvalue weighted by Gasteiger charge is -2.11. The Morgan fingerprint density at radius 1 is 1.10 bits per heavy atom. The third-order valence-corrected chi connectivity index (χ3v) is 3.42. The summed E-state index contributed by atoms with van der Waals surface area (Å²) in [6.07, 6.45) is -0.236.